The van der Waals surface area contributed by atoms with Gasteiger partial charge in [0.05, 0.1) is 11.8 Å². The smallest absolute Gasteiger partial charge is 0.137 e. The summed E-state index contributed by atoms with van der Waals surface area (Å²) < 4.78 is 5.97. The van der Waals surface area contributed by atoms with Crippen molar-refractivity contribution >= 4 is 23.4 Å². The monoisotopic (exact) mass is 349 g/mol. The molecule has 0 aliphatic carbocycles. The van der Waals surface area contributed by atoms with E-state index in [2.05, 4.69) is 34.8 Å². The zero-order valence-electron chi connectivity index (χ0n) is 14.6. The largest absolute Gasteiger partial charge is 0.372 e. The fourth-order valence-electron chi connectivity index (χ4n) is 4.19. The number of pyridine rings is 1. The van der Waals surface area contributed by atoms with Gasteiger partial charge in [-0.15, -0.1) is 12.4 Å². The number of nitrogens with one attached hydrogen (secondary N) is 1. The molecule has 2 aromatic rings. The first-order valence-corrected chi connectivity index (χ1v) is 9.05. The molecule has 0 amide bonds. The number of halogens is 1. The van der Waals surface area contributed by atoms with Crippen LogP contribution in [-0.4, -0.2) is 34.1 Å². The Morgan fingerprint density at radius 1 is 1.29 bits per heavy atom. The fraction of sp³-hybridized carbons (Fsp3) is 0.632. The number of aromatic nitrogens is 2. The highest BCUT2D eigenvalue weighted by molar-refractivity contribution is 5.85. The number of H-pyrrole nitrogens is 1. The lowest BCUT2D eigenvalue weighted by atomic mass is 9.91. The van der Waals surface area contributed by atoms with Crippen LogP contribution in [0.15, 0.2) is 18.3 Å². The molecular formula is C19H28ClN3O. The summed E-state index contributed by atoms with van der Waals surface area (Å²) in [6, 6.07) is 4.88. The Labute approximate surface area is 150 Å². The molecule has 0 radical (unpaired) electrons. The van der Waals surface area contributed by atoms with E-state index < -0.39 is 0 Å². The fourth-order valence-corrected chi connectivity index (χ4v) is 4.19. The van der Waals surface area contributed by atoms with Crippen LogP contribution < -0.4 is 0 Å². The molecule has 0 bridgehead atoms. The molecule has 1 N–H and O–H groups in total. The second-order valence-electron chi connectivity index (χ2n) is 7.25. The van der Waals surface area contributed by atoms with Crippen LogP contribution >= 0.6 is 12.4 Å². The minimum absolute atomic E-state index is 0. The van der Waals surface area contributed by atoms with Crippen molar-refractivity contribution in [1.29, 1.82) is 0 Å². The van der Waals surface area contributed by atoms with E-state index in [-0.39, 0.29) is 18.5 Å². The van der Waals surface area contributed by atoms with E-state index in [0.29, 0.717) is 6.04 Å². The van der Waals surface area contributed by atoms with E-state index in [4.69, 9.17) is 4.74 Å². The number of aromatic amines is 1. The highest BCUT2D eigenvalue weighted by atomic mass is 35.5. The lowest BCUT2D eigenvalue weighted by Crippen LogP contribution is -2.41. The number of nitrogens with zero attached hydrogens (tertiary/aromatic N) is 2. The first kappa shape index (κ1) is 17.7. The minimum Gasteiger partial charge on any atom is -0.372 e. The van der Waals surface area contributed by atoms with Crippen molar-refractivity contribution in [3.05, 3.63) is 29.6 Å². The van der Waals surface area contributed by atoms with Gasteiger partial charge in [-0.1, -0.05) is 6.92 Å². The first-order valence-electron chi connectivity index (χ1n) is 9.05. The van der Waals surface area contributed by atoms with E-state index in [0.717, 1.165) is 37.6 Å². The molecule has 3 atom stereocenters. The van der Waals surface area contributed by atoms with Gasteiger partial charge < -0.3 is 9.72 Å². The summed E-state index contributed by atoms with van der Waals surface area (Å²) in [7, 11) is 0. The minimum atomic E-state index is 0. The van der Waals surface area contributed by atoms with Crippen LogP contribution in [0.3, 0.4) is 0 Å². The molecule has 2 aliphatic rings. The van der Waals surface area contributed by atoms with Crippen LogP contribution in [0.5, 0.6) is 0 Å². The predicted molar refractivity (Wildman–Crippen MR) is 99.5 cm³/mol. The molecule has 2 fully saturated rings. The molecule has 2 aromatic heterocycles. The highest BCUT2D eigenvalue weighted by Gasteiger charge is 2.29. The Morgan fingerprint density at radius 2 is 2.17 bits per heavy atom. The Balaban J connectivity index is 0.00000169. The summed E-state index contributed by atoms with van der Waals surface area (Å²) in [5, 5.41) is 1.27. The molecule has 2 aliphatic heterocycles. The molecule has 2 unspecified atom stereocenters. The van der Waals surface area contributed by atoms with E-state index >= 15 is 0 Å². The molecule has 4 nitrogen and oxygen atoms in total. The van der Waals surface area contributed by atoms with Gasteiger partial charge in [-0.25, -0.2) is 4.98 Å². The van der Waals surface area contributed by atoms with Crippen LogP contribution in [0.1, 0.15) is 56.9 Å². The summed E-state index contributed by atoms with van der Waals surface area (Å²) in [6.45, 7) is 7.84. The molecule has 24 heavy (non-hydrogen) atoms. The van der Waals surface area contributed by atoms with Crippen molar-refractivity contribution < 1.29 is 4.74 Å². The molecule has 132 valence electrons. The lowest BCUT2D eigenvalue weighted by molar-refractivity contribution is 0.0965. The molecular weight excluding hydrogens is 322 g/mol. The quantitative estimate of drug-likeness (QED) is 0.889. The van der Waals surface area contributed by atoms with Gasteiger partial charge in [0, 0.05) is 30.8 Å². The third-order valence-corrected chi connectivity index (χ3v) is 5.83. The predicted octanol–water partition coefficient (Wildman–Crippen LogP) is 4.46. The number of hydrogen-bond acceptors (Lipinski definition) is 3. The molecule has 0 aromatic carbocycles. The maximum Gasteiger partial charge on any atom is 0.137 e. The normalized spacial score (nSPS) is 28.2. The maximum atomic E-state index is 5.97. The van der Waals surface area contributed by atoms with Crippen LogP contribution in [0.4, 0.5) is 0 Å². The summed E-state index contributed by atoms with van der Waals surface area (Å²) in [5.74, 6) is 0.776. The summed E-state index contributed by atoms with van der Waals surface area (Å²) in [4.78, 5) is 10.7. The topological polar surface area (TPSA) is 41.1 Å². The number of ether oxygens (including phenoxy) is 1. The third kappa shape index (κ3) is 3.19. The first-order chi connectivity index (χ1) is 11.2. The van der Waals surface area contributed by atoms with Crippen molar-refractivity contribution in [2.24, 2.45) is 5.92 Å². The zero-order chi connectivity index (χ0) is 15.8. The highest BCUT2D eigenvalue weighted by Crippen LogP contribution is 2.35. The molecule has 4 heterocycles. The molecule has 5 heteroatoms. The van der Waals surface area contributed by atoms with Gasteiger partial charge in [-0.3, -0.25) is 4.90 Å². The Morgan fingerprint density at radius 3 is 2.96 bits per heavy atom. The zero-order valence-corrected chi connectivity index (χ0v) is 15.4. The van der Waals surface area contributed by atoms with Crippen LogP contribution in [0.25, 0.3) is 11.0 Å². The molecule has 4 rings (SSSR count). The average molecular weight is 350 g/mol. The van der Waals surface area contributed by atoms with Crippen molar-refractivity contribution in [3.8, 4) is 0 Å². The number of piperidine rings is 1. The van der Waals surface area contributed by atoms with Gasteiger partial charge in [0.2, 0.25) is 0 Å². The average Bonchev–Trinajstić information content (AvgIpc) is 3.20. The summed E-state index contributed by atoms with van der Waals surface area (Å²) in [6.07, 6.45) is 7.02. The summed E-state index contributed by atoms with van der Waals surface area (Å²) in [5.41, 5.74) is 3.67. The van der Waals surface area contributed by atoms with Gasteiger partial charge >= 0.3 is 0 Å². The van der Waals surface area contributed by atoms with E-state index in [1.165, 1.54) is 36.0 Å². The van der Waals surface area contributed by atoms with Crippen LogP contribution in [-0.2, 0) is 11.3 Å². The number of hydrogen-bond donors (Lipinski definition) is 1. The van der Waals surface area contributed by atoms with Gasteiger partial charge in [0.15, 0.2) is 0 Å². The van der Waals surface area contributed by atoms with Gasteiger partial charge in [-0.2, -0.15) is 0 Å². The third-order valence-electron chi connectivity index (χ3n) is 5.83. The summed E-state index contributed by atoms with van der Waals surface area (Å²) >= 11 is 0. The number of fused-ring (bicyclic) bond motifs is 1. The van der Waals surface area contributed by atoms with Crippen molar-refractivity contribution in [3.63, 3.8) is 0 Å². The van der Waals surface area contributed by atoms with Gasteiger partial charge in [0.1, 0.15) is 5.65 Å². The molecule has 0 spiro atoms. The van der Waals surface area contributed by atoms with Gasteiger partial charge in [0.25, 0.3) is 0 Å². The number of likely N-dealkylation sites (tertiary alicyclic amines) is 1. The molecule has 2 saturated heterocycles. The number of rotatable bonds is 3. The lowest BCUT2D eigenvalue weighted by Gasteiger charge is -2.38. The Hall–Kier alpha value is -1.10. The Kier molecular flexibility index (Phi) is 5.48. The van der Waals surface area contributed by atoms with E-state index in [1.807, 2.05) is 12.3 Å². The van der Waals surface area contributed by atoms with Gasteiger partial charge in [-0.05, 0) is 62.8 Å². The van der Waals surface area contributed by atoms with Crippen molar-refractivity contribution in [2.45, 2.75) is 58.2 Å². The van der Waals surface area contributed by atoms with Crippen LogP contribution in [0.2, 0.25) is 0 Å². The second-order valence-corrected chi connectivity index (χ2v) is 7.25. The molecule has 0 saturated carbocycles. The van der Waals surface area contributed by atoms with Crippen molar-refractivity contribution in [1.82, 2.24) is 14.9 Å². The standard InChI is InChI=1S/C19H27N3O.ClH/c1-13-6-4-10-22(14(13)2)12-16-15-7-3-9-20-19(15)21-18(16)17-8-5-11-23-17;/h3,7,9,13-14,17H,4-6,8,10-12H2,1-2H3,(H,20,21);1H/t13?,14?,17-;/m1./s1. The maximum absolute atomic E-state index is 5.97. The van der Waals surface area contributed by atoms with Crippen molar-refractivity contribution in [2.75, 3.05) is 13.2 Å². The van der Waals surface area contributed by atoms with E-state index in [1.54, 1.807) is 0 Å². The van der Waals surface area contributed by atoms with Crippen LogP contribution in [0, 0.1) is 5.92 Å². The SMILES string of the molecule is CC1CCCN(Cc2c([C@H]3CCCO3)[nH]c3ncccc23)C1C.Cl. The Bertz CT molecular complexity index is 680. The van der Waals surface area contributed by atoms with E-state index in [9.17, 15) is 0 Å². The second kappa shape index (κ2) is 7.42.